The van der Waals surface area contributed by atoms with Gasteiger partial charge in [-0.3, -0.25) is 10.1 Å². The van der Waals surface area contributed by atoms with Crippen molar-refractivity contribution in [3.05, 3.63) is 46.0 Å². The Morgan fingerprint density at radius 2 is 2.25 bits per heavy atom. The smallest absolute Gasteiger partial charge is 0.342 e. The minimum Gasteiger partial charge on any atom is -0.477 e. The van der Waals surface area contributed by atoms with Crippen LogP contribution in [0.1, 0.15) is 17.3 Å². The first kappa shape index (κ1) is 15.6. The average molecular weight is 280 g/mol. The van der Waals surface area contributed by atoms with Crippen LogP contribution in [0, 0.1) is 10.1 Å². The summed E-state index contributed by atoms with van der Waals surface area (Å²) in [6.07, 6.45) is 0. The second-order valence-electron chi connectivity index (χ2n) is 4.23. The predicted molar refractivity (Wildman–Crippen MR) is 74.2 cm³/mol. The molecule has 0 unspecified atom stereocenters. The molecular weight excluding hydrogens is 264 g/mol. The van der Waals surface area contributed by atoms with Gasteiger partial charge in [0.05, 0.1) is 18.1 Å². The highest BCUT2D eigenvalue weighted by molar-refractivity contribution is 5.93. The summed E-state index contributed by atoms with van der Waals surface area (Å²) in [4.78, 5) is 20.9. The first-order chi connectivity index (χ1) is 9.41. The molecule has 0 radical (unpaired) electrons. The maximum atomic E-state index is 11.0. The molecule has 2 N–H and O–H groups in total. The van der Waals surface area contributed by atoms with Gasteiger partial charge in [0.1, 0.15) is 5.56 Å². The van der Waals surface area contributed by atoms with E-state index in [4.69, 9.17) is 9.84 Å². The highest BCUT2D eigenvalue weighted by atomic mass is 16.6. The summed E-state index contributed by atoms with van der Waals surface area (Å²) in [6, 6.07) is 3.86. The largest absolute Gasteiger partial charge is 0.477 e. The van der Waals surface area contributed by atoms with Crippen molar-refractivity contribution in [3.63, 3.8) is 0 Å². The van der Waals surface area contributed by atoms with Crippen molar-refractivity contribution < 1.29 is 19.6 Å². The fourth-order valence-electron chi connectivity index (χ4n) is 1.49. The number of carbonyl (C=O) groups is 1. The number of carboxylic acid groups (broad SMARTS) is 1. The monoisotopic (exact) mass is 280 g/mol. The molecule has 0 saturated carbocycles. The Hall–Kier alpha value is -2.41. The molecule has 0 aliphatic carbocycles. The summed E-state index contributed by atoms with van der Waals surface area (Å²) in [7, 11) is 0. The van der Waals surface area contributed by atoms with Crippen LogP contribution in [0.3, 0.4) is 0 Å². The first-order valence-electron chi connectivity index (χ1n) is 5.89. The van der Waals surface area contributed by atoms with Gasteiger partial charge < -0.3 is 15.2 Å². The summed E-state index contributed by atoms with van der Waals surface area (Å²) in [6.45, 7) is 6.89. The molecule has 0 aliphatic rings. The van der Waals surface area contributed by atoms with E-state index in [1.807, 2.05) is 6.92 Å². The van der Waals surface area contributed by atoms with Gasteiger partial charge in [-0.05, 0) is 19.1 Å². The second kappa shape index (κ2) is 7.25. The van der Waals surface area contributed by atoms with E-state index in [1.54, 1.807) is 0 Å². The second-order valence-corrected chi connectivity index (χ2v) is 4.23. The molecule has 0 fully saturated rings. The summed E-state index contributed by atoms with van der Waals surface area (Å²) in [5.41, 5.74) is 0.630. The summed E-state index contributed by atoms with van der Waals surface area (Å²) < 4.78 is 5.27. The van der Waals surface area contributed by atoms with Crippen molar-refractivity contribution in [1.29, 1.82) is 0 Å². The van der Waals surface area contributed by atoms with Crippen molar-refractivity contribution in [2.24, 2.45) is 0 Å². The molecule has 0 bridgehead atoms. The molecule has 1 rings (SSSR count). The van der Waals surface area contributed by atoms with Gasteiger partial charge in [0.2, 0.25) is 0 Å². The third kappa shape index (κ3) is 4.69. The quantitative estimate of drug-likeness (QED) is 0.328. The third-order valence-electron chi connectivity index (χ3n) is 2.35. The SMILES string of the molecule is C=C(C)COCCNc1ccc([N+](=O)[O-])c(C(=O)O)c1. The van der Waals surface area contributed by atoms with E-state index in [2.05, 4.69) is 11.9 Å². The van der Waals surface area contributed by atoms with E-state index in [-0.39, 0.29) is 5.56 Å². The number of nitrogens with one attached hydrogen (secondary N) is 1. The Bertz CT molecular complexity index is 527. The van der Waals surface area contributed by atoms with Gasteiger partial charge in [-0.15, -0.1) is 0 Å². The topological polar surface area (TPSA) is 102 Å². The van der Waals surface area contributed by atoms with Crippen LogP contribution in [0.4, 0.5) is 11.4 Å². The molecule has 0 heterocycles. The van der Waals surface area contributed by atoms with Crippen molar-refractivity contribution >= 4 is 17.3 Å². The maximum absolute atomic E-state index is 11.0. The van der Waals surface area contributed by atoms with Crippen molar-refractivity contribution in [2.45, 2.75) is 6.92 Å². The molecule has 7 heteroatoms. The molecule has 7 nitrogen and oxygen atoms in total. The van der Waals surface area contributed by atoms with Crippen LogP contribution in [0.15, 0.2) is 30.4 Å². The minimum atomic E-state index is -1.33. The highest BCUT2D eigenvalue weighted by Crippen LogP contribution is 2.22. The van der Waals surface area contributed by atoms with E-state index in [0.717, 1.165) is 5.57 Å². The molecule has 20 heavy (non-hydrogen) atoms. The van der Waals surface area contributed by atoms with E-state index in [1.165, 1.54) is 18.2 Å². The number of nitro benzene ring substituents is 1. The Balaban J connectivity index is 2.64. The Morgan fingerprint density at radius 1 is 1.55 bits per heavy atom. The molecule has 1 aromatic carbocycles. The number of benzene rings is 1. The van der Waals surface area contributed by atoms with Crippen molar-refractivity contribution in [2.75, 3.05) is 25.1 Å². The summed E-state index contributed by atoms with van der Waals surface area (Å²) in [5.74, 6) is -1.33. The minimum absolute atomic E-state index is 0.345. The molecule has 0 saturated heterocycles. The zero-order valence-electron chi connectivity index (χ0n) is 11.1. The van der Waals surface area contributed by atoms with Gasteiger partial charge >= 0.3 is 5.97 Å². The van der Waals surface area contributed by atoms with Gasteiger partial charge in [0.25, 0.3) is 5.69 Å². The molecule has 1 aromatic rings. The number of anilines is 1. The van der Waals surface area contributed by atoms with Gasteiger partial charge in [0, 0.05) is 18.3 Å². The normalized spacial score (nSPS) is 10.1. The number of hydrogen-bond acceptors (Lipinski definition) is 5. The van der Waals surface area contributed by atoms with Gasteiger partial charge in [-0.2, -0.15) is 0 Å². The van der Waals surface area contributed by atoms with Gasteiger partial charge in [0.15, 0.2) is 0 Å². The van der Waals surface area contributed by atoms with Crippen LogP contribution < -0.4 is 5.32 Å². The number of ether oxygens (including phenoxy) is 1. The maximum Gasteiger partial charge on any atom is 0.342 e. The number of hydrogen-bond donors (Lipinski definition) is 2. The molecule has 0 atom stereocenters. The van der Waals surface area contributed by atoms with E-state index < -0.39 is 16.6 Å². The number of rotatable bonds is 8. The lowest BCUT2D eigenvalue weighted by Crippen LogP contribution is -2.11. The number of aromatic carboxylic acids is 1. The standard InChI is InChI=1S/C13H16N2O5/c1-9(2)8-20-6-5-14-10-3-4-12(15(18)19)11(7-10)13(16)17/h3-4,7,14H,1,5-6,8H2,2H3,(H,16,17). The molecule has 0 aliphatic heterocycles. The van der Waals surface area contributed by atoms with Crippen molar-refractivity contribution in [3.8, 4) is 0 Å². The van der Waals surface area contributed by atoms with Crippen LogP contribution >= 0.6 is 0 Å². The molecule has 0 aromatic heterocycles. The van der Waals surface area contributed by atoms with E-state index in [0.29, 0.717) is 25.4 Å². The van der Waals surface area contributed by atoms with Crippen LogP contribution in [-0.2, 0) is 4.74 Å². The number of carboxylic acids is 1. The summed E-state index contributed by atoms with van der Waals surface area (Å²) >= 11 is 0. The number of nitrogens with zero attached hydrogens (tertiary/aromatic N) is 1. The highest BCUT2D eigenvalue weighted by Gasteiger charge is 2.19. The van der Waals surface area contributed by atoms with E-state index >= 15 is 0 Å². The first-order valence-corrected chi connectivity index (χ1v) is 5.89. The zero-order valence-corrected chi connectivity index (χ0v) is 11.1. The van der Waals surface area contributed by atoms with Crippen molar-refractivity contribution in [1.82, 2.24) is 0 Å². The predicted octanol–water partition coefficient (Wildman–Crippen LogP) is 2.30. The lowest BCUT2D eigenvalue weighted by molar-refractivity contribution is -0.385. The number of nitro groups is 1. The fourth-order valence-corrected chi connectivity index (χ4v) is 1.49. The third-order valence-corrected chi connectivity index (χ3v) is 2.35. The molecule has 0 amide bonds. The van der Waals surface area contributed by atoms with Crippen LogP contribution in [-0.4, -0.2) is 35.8 Å². The zero-order chi connectivity index (χ0) is 15.1. The fraction of sp³-hybridized carbons (Fsp3) is 0.308. The van der Waals surface area contributed by atoms with Gasteiger partial charge in [-0.25, -0.2) is 4.79 Å². The average Bonchev–Trinajstić information content (AvgIpc) is 2.37. The molecule has 108 valence electrons. The van der Waals surface area contributed by atoms with Crippen LogP contribution in [0.25, 0.3) is 0 Å². The Labute approximate surface area is 116 Å². The Morgan fingerprint density at radius 3 is 2.80 bits per heavy atom. The summed E-state index contributed by atoms with van der Waals surface area (Å²) in [5, 5.41) is 22.6. The molecular formula is C13H16N2O5. The Kier molecular flexibility index (Phi) is 5.67. The van der Waals surface area contributed by atoms with Gasteiger partial charge in [-0.1, -0.05) is 12.2 Å². The lowest BCUT2D eigenvalue weighted by atomic mass is 10.1. The van der Waals surface area contributed by atoms with E-state index in [9.17, 15) is 14.9 Å². The van der Waals surface area contributed by atoms with Crippen LogP contribution in [0.5, 0.6) is 0 Å². The molecule has 0 spiro atoms. The lowest BCUT2D eigenvalue weighted by Gasteiger charge is -2.08. The van der Waals surface area contributed by atoms with Crippen LogP contribution in [0.2, 0.25) is 0 Å².